The van der Waals surface area contributed by atoms with Gasteiger partial charge < -0.3 is 0 Å². The van der Waals surface area contributed by atoms with E-state index in [1.807, 2.05) is 13.8 Å². The SMILES string of the molecule is Cc1nn(CCl)c(C)c1Cl. The second kappa shape index (κ2) is 2.81. The summed E-state index contributed by atoms with van der Waals surface area (Å²) in [6.45, 7) is 3.75. The van der Waals surface area contributed by atoms with Crippen LogP contribution in [0.15, 0.2) is 0 Å². The summed E-state index contributed by atoms with van der Waals surface area (Å²) in [6.07, 6.45) is 0. The minimum atomic E-state index is 0.361. The van der Waals surface area contributed by atoms with Crippen molar-refractivity contribution in [2.45, 2.75) is 19.9 Å². The third kappa shape index (κ3) is 1.13. The first-order chi connectivity index (χ1) is 4.66. The topological polar surface area (TPSA) is 17.8 Å². The van der Waals surface area contributed by atoms with E-state index in [1.165, 1.54) is 0 Å². The monoisotopic (exact) mass is 178 g/mol. The molecule has 0 aliphatic rings. The molecule has 0 spiro atoms. The zero-order valence-electron chi connectivity index (χ0n) is 5.86. The third-order valence-corrected chi connectivity index (χ3v) is 2.18. The normalized spacial score (nSPS) is 10.4. The maximum atomic E-state index is 5.84. The van der Waals surface area contributed by atoms with Crippen LogP contribution in [0.1, 0.15) is 11.4 Å². The van der Waals surface area contributed by atoms with Crippen LogP contribution in [-0.2, 0) is 6.00 Å². The van der Waals surface area contributed by atoms with Crippen LogP contribution in [0.4, 0.5) is 0 Å². The van der Waals surface area contributed by atoms with E-state index in [1.54, 1.807) is 4.68 Å². The molecule has 0 aromatic carbocycles. The summed E-state index contributed by atoms with van der Waals surface area (Å²) in [5.41, 5.74) is 1.76. The maximum Gasteiger partial charge on any atom is 0.115 e. The lowest BCUT2D eigenvalue weighted by Gasteiger charge is -1.94. The Hall–Kier alpha value is -0.210. The van der Waals surface area contributed by atoms with Crippen molar-refractivity contribution in [3.8, 4) is 0 Å². The highest BCUT2D eigenvalue weighted by atomic mass is 35.5. The molecular weight excluding hydrogens is 171 g/mol. The van der Waals surface area contributed by atoms with Gasteiger partial charge in [0.1, 0.15) is 6.00 Å². The molecule has 2 nitrogen and oxygen atoms in total. The zero-order chi connectivity index (χ0) is 7.72. The summed E-state index contributed by atoms with van der Waals surface area (Å²) in [6, 6.07) is 0.361. The van der Waals surface area contributed by atoms with Crippen LogP contribution in [0.3, 0.4) is 0 Å². The number of alkyl halides is 1. The largest absolute Gasteiger partial charge is 0.253 e. The summed E-state index contributed by atoms with van der Waals surface area (Å²) in [5.74, 6) is 0. The predicted molar refractivity (Wildman–Crippen MR) is 42.6 cm³/mol. The Bertz CT molecular complexity index is 242. The molecular formula is C6H8Cl2N2. The molecule has 0 fully saturated rings. The van der Waals surface area contributed by atoms with Gasteiger partial charge in [-0.1, -0.05) is 11.6 Å². The molecule has 1 rings (SSSR count). The molecule has 1 aromatic heterocycles. The van der Waals surface area contributed by atoms with Gasteiger partial charge in [-0.15, -0.1) is 11.6 Å². The van der Waals surface area contributed by atoms with Gasteiger partial charge in [-0.05, 0) is 13.8 Å². The number of nitrogens with zero attached hydrogens (tertiary/aromatic N) is 2. The molecule has 0 bridgehead atoms. The summed E-state index contributed by atoms with van der Waals surface area (Å²) in [5, 5.41) is 4.79. The average molecular weight is 179 g/mol. The number of hydrogen-bond acceptors (Lipinski definition) is 1. The van der Waals surface area contributed by atoms with Gasteiger partial charge in [-0.3, -0.25) is 4.68 Å². The molecule has 0 atom stereocenters. The van der Waals surface area contributed by atoms with Gasteiger partial charge in [-0.2, -0.15) is 5.10 Å². The number of halogens is 2. The average Bonchev–Trinajstić information content (AvgIpc) is 2.17. The van der Waals surface area contributed by atoms with Crippen molar-refractivity contribution in [1.82, 2.24) is 9.78 Å². The molecule has 0 radical (unpaired) electrons. The Morgan fingerprint density at radius 1 is 1.50 bits per heavy atom. The fourth-order valence-corrected chi connectivity index (χ4v) is 1.16. The van der Waals surface area contributed by atoms with Gasteiger partial charge in [0.15, 0.2) is 0 Å². The minimum absolute atomic E-state index is 0.361. The molecule has 0 unspecified atom stereocenters. The van der Waals surface area contributed by atoms with Crippen molar-refractivity contribution in [2.75, 3.05) is 0 Å². The Morgan fingerprint density at radius 3 is 2.30 bits per heavy atom. The number of aryl methyl sites for hydroxylation is 1. The summed E-state index contributed by atoms with van der Waals surface area (Å²) in [7, 11) is 0. The van der Waals surface area contributed by atoms with E-state index in [0.29, 0.717) is 11.0 Å². The van der Waals surface area contributed by atoms with Crippen LogP contribution in [0.2, 0.25) is 5.02 Å². The lowest BCUT2D eigenvalue weighted by Crippen LogP contribution is -1.96. The van der Waals surface area contributed by atoms with Crippen LogP contribution in [-0.4, -0.2) is 9.78 Å². The van der Waals surface area contributed by atoms with Crippen LogP contribution in [0, 0.1) is 13.8 Å². The van der Waals surface area contributed by atoms with E-state index in [4.69, 9.17) is 23.2 Å². The molecule has 1 aromatic rings. The molecule has 0 amide bonds. The highest BCUT2D eigenvalue weighted by Gasteiger charge is 2.06. The molecule has 0 aliphatic carbocycles. The highest BCUT2D eigenvalue weighted by Crippen LogP contribution is 2.18. The summed E-state index contributed by atoms with van der Waals surface area (Å²) >= 11 is 11.4. The van der Waals surface area contributed by atoms with Crippen molar-refractivity contribution >= 4 is 23.2 Å². The molecule has 0 aliphatic heterocycles. The highest BCUT2D eigenvalue weighted by molar-refractivity contribution is 6.31. The Morgan fingerprint density at radius 2 is 2.10 bits per heavy atom. The Balaban J connectivity index is 3.17. The molecule has 10 heavy (non-hydrogen) atoms. The Labute approximate surface area is 69.7 Å². The number of hydrogen-bond donors (Lipinski definition) is 0. The second-order valence-electron chi connectivity index (χ2n) is 2.10. The van der Waals surface area contributed by atoms with Crippen LogP contribution >= 0.6 is 23.2 Å². The first-order valence-electron chi connectivity index (χ1n) is 2.92. The molecule has 0 N–H and O–H groups in total. The Kier molecular flexibility index (Phi) is 2.21. The van der Waals surface area contributed by atoms with E-state index < -0.39 is 0 Å². The van der Waals surface area contributed by atoms with E-state index in [2.05, 4.69) is 5.10 Å². The molecule has 56 valence electrons. The van der Waals surface area contributed by atoms with Crippen LogP contribution < -0.4 is 0 Å². The fraction of sp³-hybridized carbons (Fsp3) is 0.500. The number of rotatable bonds is 1. The van der Waals surface area contributed by atoms with Crippen molar-refractivity contribution in [3.63, 3.8) is 0 Å². The van der Waals surface area contributed by atoms with Crippen molar-refractivity contribution in [3.05, 3.63) is 16.4 Å². The van der Waals surface area contributed by atoms with Gasteiger partial charge in [0, 0.05) is 0 Å². The first kappa shape index (κ1) is 7.89. The smallest absolute Gasteiger partial charge is 0.115 e. The van der Waals surface area contributed by atoms with Crippen LogP contribution in [0.5, 0.6) is 0 Å². The lowest BCUT2D eigenvalue weighted by atomic mass is 10.4. The predicted octanol–water partition coefficient (Wildman–Crippen LogP) is 2.35. The second-order valence-corrected chi connectivity index (χ2v) is 2.72. The maximum absolute atomic E-state index is 5.84. The van der Waals surface area contributed by atoms with Gasteiger partial charge in [-0.25, -0.2) is 0 Å². The first-order valence-corrected chi connectivity index (χ1v) is 3.83. The summed E-state index contributed by atoms with van der Waals surface area (Å²) < 4.78 is 1.67. The summed E-state index contributed by atoms with van der Waals surface area (Å²) in [4.78, 5) is 0. The standard InChI is InChI=1S/C6H8Cl2N2/c1-4-6(8)5(2)10(3-7)9-4/h3H2,1-2H3. The van der Waals surface area contributed by atoms with Crippen molar-refractivity contribution in [1.29, 1.82) is 0 Å². The molecule has 4 heteroatoms. The minimum Gasteiger partial charge on any atom is -0.253 e. The van der Waals surface area contributed by atoms with E-state index >= 15 is 0 Å². The van der Waals surface area contributed by atoms with Gasteiger partial charge >= 0.3 is 0 Å². The van der Waals surface area contributed by atoms with Crippen molar-refractivity contribution in [2.24, 2.45) is 0 Å². The van der Waals surface area contributed by atoms with E-state index in [9.17, 15) is 0 Å². The van der Waals surface area contributed by atoms with Crippen LogP contribution in [0.25, 0.3) is 0 Å². The lowest BCUT2D eigenvalue weighted by molar-refractivity contribution is 0.710. The van der Waals surface area contributed by atoms with E-state index in [0.717, 1.165) is 11.4 Å². The van der Waals surface area contributed by atoms with E-state index in [-0.39, 0.29) is 0 Å². The van der Waals surface area contributed by atoms with Gasteiger partial charge in [0.2, 0.25) is 0 Å². The molecule has 0 saturated carbocycles. The third-order valence-electron chi connectivity index (χ3n) is 1.41. The fourth-order valence-electron chi connectivity index (χ4n) is 0.791. The zero-order valence-corrected chi connectivity index (χ0v) is 7.37. The molecule has 0 saturated heterocycles. The van der Waals surface area contributed by atoms with Gasteiger partial charge in [0.05, 0.1) is 16.4 Å². The van der Waals surface area contributed by atoms with Gasteiger partial charge in [0.25, 0.3) is 0 Å². The van der Waals surface area contributed by atoms with Crippen molar-refractivity contribution < 1.29 is 0 Å². The molecule has 1 heterocycles. The quantitative estimate of drug-likeness (QED) is 0.605. The number of aromatic nitrogens is 2.